The minimum Gasteiger partial charge on any atom is -0.496 e. The van der Waals surface area contributed by atoms with Crippen molar-refractivity contribution in [3.63, 3.8) is 0 Å². The van der Waals surface area contributed by atoms with E-state index < -0.39 is 9.84 Å². The number of nitrogens with zero attached hydrogens (tertiary/aromatic N) is 1. The van der Waals surface area contributed by atoms with E-state index in [4.69, 9.17) is 18.9 Å². The molecule has 1 aromatic carbocycles. The normalized spacial score (nSPS) is 11.5. The van der Waals surface area contributed by atoms with Gasteiger partial charge in [-0.15, -0.1) is 0 Å². The topological polar surface area (TPSA) is 113 Å². The lowest BCUT2D eigenvalue weighted by Gasteiger charge is -2.12. The molecule has 0 unspecified atom stereocenters. The fourth-order valence-corrected chi connectivity index (χ4v) is 3.71. The summed E-state index contributed by atoms with van der Waals surface area (Å²) in [5.74, 6) is 1.52. The van der Waals surface area contributed by atoms with Crippen molar-refractivity contribution in [2.75, 3.05) is 33.8 Å². The molecule has 0 atom stereocenters. The minimum absolute atomic E-state index is 0.148. The number of methoxy groups -OCH3 is 4. The second-order valence-electron chi connectivity index (χ2n) is 6.50. The minimum atomic E-state index is -3.69. The number of benzene rings is 1. The molecule has 0 saturated carbocycles. The lowest BCUT2D eigenvalue weighted by atomic mass is 10.1. The molecule has 0 bridgehead atoms. The number of rotatable bonds is 11. The van der Waals surface area contributed by atoms with Gasteiger partial charge in [0, 0.05) is 23.7 Å². The molecule has 9 nitrogen and oxygen atoms in total. The van der Waals surface area contributed by atoms with Gasteiger partial charge in [0.15, 0.2) is 27.2 Å². The smallest absolute Gasteiger partial charge is 0.177 e. The van der Waals surface area contributed by atoms with Crippen molar-refractivity contribution >= 4 is 27.5 Å². The number of carbonyl (C=O) groups excluding carboxylic acids is 1. The Labute approximate surface area is 187 Å². The van der Waals surface area contributed by atoms with E-state index in [0.29, 0.717) is 40.1 Å². The van der Waals surface area contributed by atoms with Crippen molar-refractivity contribution in [1.29, 1.82) is 0 Å². The van der Waals surface area contributed by atoms with Gasteiger partial charge in [0.1, 0.15) is 17.2 Å². The zero-order valence-corrected chi connectivity index (χ0v) is 19.4. The van der Waals surface area contributed by atoms with Crippen LogP contribution in [0.1, 0.15) is 18.2 Å². The van der Waals surface area contributed by atoms with Crippen LogP contribution in [0.4, 0.5) is 5.82 Å². The Hall–Kier alpha value is -3.53. The number of anilines is 1. The molecule has 0 aliphatic heterocycles. The first-order chi connectivity index (χ1) is 15.2. The molecule has 32 heavy (non-hydrogen) atoms. The number of sulfone groups is 1. The van der Waals surface area contributed by atoms with Crippen LogP contribution >= 0.6 is 0 Å². The summed E-state index contributed by atoms with van der Waals surface area (Å²) in [5.41, 5.74) is 0.752. The first-order valence-corrected chi connectivity index (χ1v) is 11.1. The second-order valence-corrected chi connectivity index (χ2v) is 8.38. The summed E-state index contributed by atoms with van der Waals surface area (Å²) >= 11 is 0. The second kappa shape index (κ2) is 11.2. The lowest BCUT2D eigenvalue weighted by molar-refractivity contribution is -0.112. The van der Waals surface area contributed by atoms with Crippen molar-refractivity contribution in [1.82, 2.24) is 4.98 Å². The molecular formula is C22H26N2O7S. The van der Waals surface area contributed by atoms with E-state index in [-0.39, 0.29) is 11.5 Å². The molecule has 0 saturated heterocycles. The van der Waals surface area contributed by atoms with Gasteiger partial charge in [0.25, 0.3) is 0 Å². The van der Waals surface area contributed by atoms with Crippen LogP contribution in [-0.2, 0) is 20.4 Å². The number of ether oxygens (including phenoxy) is 4. The van der Waals surface area contributed by atoms with Crippen molar-refractivity contribution in [3.05, 3.63) is 53.2 Å². The first kappa shape index (κ1) is 24.7. The van der Waals surface area contributed by atoms with Crippen LogP contribution in [0.25, 0.3) is 6.08 Å². The Morgan fingerprint density at radius 2 is 1.62 bits per heavy atom. The van der Waals surface area contributed by atoms with Gasteiger partial charge in [0.2, 0.25) is 0 Å². The average Bonchev–Trinajstić information content (AvgIpc) is 2.76. The van der Waals surface area contributed by atoms with Gasteiger partial charge in [-0.3, -0.25) is 4.79 Å². The van der Waals surface area contributed by atoms with Crippen LogP contribution in [0.15, 0.2) is 41.9 Å². The van der Waals surface area contributed by atoms with E-state index in [9.17, 15) is 13.2 Å². The molecule has 172 valence electrons. The highest BCUT2D eigenvalue weighted by Gasteiger charge is 2.15. The number of hydrogen-bond acceptors (Lipinski definition) is 9. The molecular weight excluding hydrogens is 436 g/mol. The third-order valence-corrected chi connectivity index (χ3v) is 5.47. The van der Waals surface area contributed by atoms with Crippen LogP contribution in [0, 0.1) is 0 Å². The Balaban J connectivity index is 2.31. The van der Waals surface area contributed by atoms with E-state index in [0.717, 1.165) is 5.41 Å². The van der Waals surface area contributed by atoms with Gasteiger partial charge in [0.05, 0.1) is 45.4 Å². The largest absolute Gasteiger partial charge is 0.496 e. The maximum absolute atomic E-state index is 12.7. The summed E-state index contributed by atoms with van der Waals surface area (Å²) < 4.78 is 46.5. The number of nitrogens with one attached hydrogen (secondary N) is 1. The maximum atomic E-state index is 12.7. The predicted octanol–water partition coefficient (Wildman–Crippen LogP) is 3.22. The molecule has 1 heterocycles. The lowest BCUT2D eigenvalue weighted by Crippen LogP contribution is -2.05. The highest BCUT2D eigenvalue weighted by Crippen LogP contribution is 2.35. The molecule has 0 amide bonds. The number of pyridine rings is 1. The molecule has 1 aromatic heterocycles. The van der Waals surface area contributed by atoms with Crippen molar-refractivity contribution in [3.8, 4) is 23.0 Å². The van der Waals surface area contributed by atoms with E-state index >= 15 is 0 Å². The molecule has 1 N–H and O–H groups in total. The van der Waals surface area contributed by atoms with Gasteiger partial charge in [-0.1, -0.05) is 0 Å². The standard InChI is InChI=1S/C22H26N2O7S/c1-15(25)8-10-23-22-19(29-3)7-6-16(24-22)14-32(26,27)11-9-18-20(30-4)12-17(28-2)13-21(18)31-5/h6-13H,14H2,1-5H3,(H,23,24). The Morgan fingerprint density at radius 3 is 2.16 bits per heavy atom. The Kier molecular flexibility index (Phi) is 8.65. The third-order valence-electron chi connectivity index (χ3n) is 4.22. The van der Waals surface area contributed by atoms with Crippen molar-refractivity contribution < 1.29 is 32.2 Å². The molecule has 0 radical (unpaired) electrons. The summed E-state index contributed by atoms with van der Waals surface area (Å²) in [6.45, 7) is 1.41. The van der Waals surface area contributed by atoms with E-state index in [1.807, 2.05) is 0 Å². The molecule has 2 aromatic rings. The van der Waals surface area contributed by atoms with Gasteiger partial charge < -0.3 is 24.3 Å². The SMILES string of the molecule is COc1cc(OC)c(C=CS(=O)(=O)Cc2ccc(OC)c(NC=CC(C)=O)n2)c(OC)c1. The number of carbonyl (C=O) groups is 1. The van der Waals surface area contributed by atoms with E-state index in [2.05, 4.69) is 10.3 Å². The third kappa shape index (κ3) is 6.74. The van der Waals surface area contributed by atoms with Crippen molar-refractivity contribution in [2.24, 2.45) is 0 Å². The summed E-state index contributed by atoms with van der Waals surface area (Å²) in [5, 5.41) is 3.90. The van der Waals surface area contributed by atoms with Crippen LogP contribution in [0.3, 0.4) is 0 Å². The summed E-state index contributed by atoms with van der Waals surface area (Å²) in [6, 6.07) is 6.42. The van der Waals surface area contributed by atoms with Gasteiger partial charge in [-0.25, -0.2) is 13.4 Å². The molecule has 2 rings (SSSR count). The fraction of sp³-hybridized carbons (Fsp3) is 0.273. The van der Waals surface area contributed by atoms with E-state index in [1.165, 1.54) is 53.7 Å². The summed E-state index contributed by atoms with van der Waals surface area (Å²) in [4.78, 5) is 15.4. The molecule has 0 aliphatic rings. The van der Waals surface area contributed by atoms with Gasteiger partial charge >= 0.3 is 0 Å². The summed E-state index contributed by atoms with van der Waals surface area (Å²) in [7, 11) is 2.22. The summed E-state index contributed by atoms with van der Waals surface area (Å²) in [6.07, 6.45) is 4.14. The van der Waals surface area contributed by atoms with Crippen LogP contribution < -0.4 is 24.3 Å². The Morgan fingerprint density at radius 1 is 1.00 bits per heavy atom. The highest BCUT2D eigenvalue weighted by molar-refractivity contribution is 7.93. The fourth-order valence-electron chi connectivity index (χ4n) is 2.70. The van der Waals surface area contributed by atoms with Crippen LogP contribution in [0.5, 0.6) is 23.0 Å². The van der Waals surface area contributed by atoms with E-state index in [1.54, 1.807) is 24.3 Å². The Bertz CT molecular complexity index is 1100. The zero-order valence-electron chi connectivity index (χ0n) is 18.5. The molecule has 10 heteroatoms. The predicted molar refractivity (Wildman–Crippen MR) is 122 cm³/mol. The average molecular weight is 463 g/mol. The number of aromatic nitrogens is 1. The monoisotopic (exact) mass is 462 g/mol. The van der Waals surface area contributed by atoms with Gasteiger partial charge in [-0.2, -0.15) is 0 Å². The zero-order chi connectivity index (χ0) is 23.7. The van der Waals surface area contributed by atoms with Crippen LogP contribution in [-0.4, -0.2) is 47.6 Å². The maximum Gasteiger partial charge on any atom is 0.177 e. The quantitative estimate of drug-likeness (QED) is 0.503. The molecule has 0 spiro atoms. The number of allylic oxidation sites excluding steroid dienone is 1. The molecule has 0 aliphatic carbocycles. The highest BCUT2D eigenvalue weighted by atomic mass is 32.2. The van der Waals surface area contributed by atoms with Gasteiger partial charge in [-0.05, 0) is 31.2 Å². The molecule has 0 fully saturated rings. The first-order valence-electron chi connectivity index (χ1n) is 9.41. The number of ketones is 1. The van der Waals surface area contributed by atoms with Crippen molar-refractivity contribution in [2.45, 2.75) is 12.7 Å². The number of hydrogen-bond donors (Lipinski definition) is 1. The van der Waals surface area contributed by atoms with Crippen LogP contribution in [0.2, 0.25) is 0 Å².